The van der Waals surface area contributed by atoms with Crippen LogP contribution in [-0.4, -0.2) is 23.1 Å². The Morgan fingerprint density at radius 2 is 1.75 bits per heavy atom. The molecule has 4 heteroatoms. The van der Waals surface area contributed by atoms with E-state index in [0.29, 0.717) is 22.4 Å². The standard InChI is InChI=1S/C20H28O4/c1-10(2)11-14(21)12-13(16(23)17(11)24-6)20(5)9-7-8-19(3,4)18(20)15(12)22/h10,18,21,23H,7-9H2,1-6H3/t18-,20+/m0/s1. The van der Waals surface area contributed by atoms with Crippen molar-refractivity contribution in [1.82, 2.24) is 0 Å². The van der Waals surface area contributed by atoms with Crippen molar-refractivity contribution in [1.29, 1.82) is 0 Å². The van der Waals surface area contributed by atoms with E-state index in [4.69, 9.17) is 4.74 Å². The van der Waals surface area contributed by atoms with E-state index in [2.05, 4.69) is 20.8 Å². The van der Waals surface area contributed by atoms with Crippen molar-refractivity contribution in [3.05, 3.63) is 16.7 Å². The fourth-order valence-corrected chi connectivity index (χ4v) is 5.38. The number of aromatic hydroxyl groups is 2. The highest BCUT2D eigenvalue weighted by Crippen LogP contribution is 2.64. The minimum atomic E-state index is -0.460. The second kappa shape index (κ2) is 5.14. The topological polar surface area (TPSA) is 66.8 Å². The predicted octanol–water partition coefficient (Wildman–Crippen LogP) is 4.51. The molecule has 0 saturated heterocycles. The van der Waals surface area contributed by atoms with Gasteiger partial charge in [-0.1, -0.05) is 41.0 Å². The van der Waals surface area contributed by atoms with Gasteiger partial charge in [-0.3, -0.25) is 4.79 Å². The summed E-state index contributed by atoms with van der Waals surface area (Å²) in [5.74, 6) is 0.00930. The van der Waals surface area contributed by atoms with E-state index in [1.165, 1.54) is 7.11 Å². The number of ketones is 1. The Hall–Kier alpha value is -1.71. The second-order valence-electron chi connectivity index (χ2n) is 8.61. The maximum Gasteiger partial charge on any atom is 0.171 e. The molecule has 0 aliphatic heterocycles. The zero-order valence-electron chi connectivity index (χ0n) is 15.5. The molecule has 2 aliphatic carbocycles. The molecule has 0 amide bonds. The summed E-state index contributed by atoms with van der Waals surface area (Å²) in [4.78, 5) is 13.3. The van der Waals surface area contributed by atoms with Gasteiger partial charge in [0, 0.05) is 22.5 Å². The zero-order valence-corrected chi connectivity index (χ0v) is 15.5. The third-order valence-electron chi connectivity index (χ3n) is 6.24. The lowest BCUT2D eigenvalue weighted by atomic mass is 9.56. The van der Waals surface area contributed by atoms with E-state index in [0.717, 1.165) is 19.3 Å². The Labute approximate surface area is 143 Å². The van der Waals surface area contributed by atoms with Gasteiger partial charge in [-0.05, 0) is 24.2 Å². The van der Waals surface area contributed by atoms with Crippen molar-refractivity contribution in [3.63, 3.8) is 0 Å². The van der Waals surface area contributed by atoms with Crippen molar-refractivity contribution in [2.45, 2.75) is 65.2 Å². The lowest BCUT2D eigenvalue weighted by Crippen LogP contribution is -2.44. The molecule has 2 atom stereocenters. The molecular weight excluding hydrogens is 304 g/mol. The van der Waals surface area contributed by atoms with Gasteiger partial charge in [-0.15, -0.1) is 0 Å². The van der Waals surface area contributed by atoms with E-state index < -0.39 is 5.41 Å². The fraction of sp³-hybridized carbons (Fsp3) is 0.650. The molecule has 1 saturated carbocycles. The van der Waals surface area contributed by atoms with Gasteiger partial charge >= 0.3 is 0 Å². The quantitative estimate of drug-likeness (QED) is 0.782. The van der Waals surface area contributed by atoms with Gasteiger partial charge < -0.3 is 14.9 Å². The minimum Gasteiger partial charge on any atom is -0.507 e. The summed E-state index contributed by atoms with van der Waals surface area (Å²) in [6.45, 7) is 10.1. The number of benzene rings is 1. The molecule has 2 N–H and O–H groups in total. The Morgan fingerprint density at radius 3 is 2.29 bits per heavy atom. The summed E-state index contributed by atoms with van der Waals surface area (Å²) in [5, 5.41) is 21.9. The van der Waals surface area contributed by atoms with Gasteiger partial charge in [-0.2, -0.15) is 0 Å². The molecule has 4 nitrogen and oxygen atoms in total. The van der Waals surface area contributed by atoms with Crippen molar-refractivity contribution in [3.8, 4) is 17.2 Å². The summed E-state index contributed by atoms with van der Waals surface area (Å²) >= 11 is 0. The molecule has 0 aromatic heterocycles. The summed E-state index contributed by atoms with van der Waals surface area (Å²) in [7, 11) is 1.49. The summed E-state index contributed by atoms with van der Waals surface area (Å²) in [6, 6.07) is 0. The van der Waals surface area contributed by atoms with Crippen molar-refractivity contribution >= 4 is 5.78 Å². The number of fused-ring (bicyclic) bond motifs is 3. The molecule has 0 heterocycles. The predicted molar refractivity (Wildman–Crippen MR) is 93.2 cm³/mol. The highest BCUT2D eigenvalue weighted by Gasteiger charge is 2.59. The van der Waals surface area contributed by atoms with Crippen molar-refractivity contribution in [2.75, 3.05) is 7.11 Å². The summed E-state index contributed by atoms with van der Waals surface area (Å²) in [5.41, 5.74) is 0.803. The van der Waals surface area contributed by atoms with Crippen LogP contribution in [0.3, 0.4) is 0 Å². The number of ether oxygens (including phenoxy) is 1. The monoisotopic (exact) mass is 332 g/mol. The molecule has 0 unspecified atom stereocenters. The third-order valence-corrected chi connectivity index (χ3v) is 6.24. The average molecular weight is 332 g/mol. The SMILES string of the molecule is COc1c(O)c2c(c(O)c1C(C)C)C(=O)[C@H]1C(C)(C)CCC[C@]21C. The van der Waals surface area contributed by atoms with Crippen LogP contribution in [0, 0.1) is 11.3 Å². The van der Waals surface area contributed by atoms with Crippen LogP contribution in [0.1, 0.15) is 81.3 Å². The first kappa shape index (κ1) is 17.1. The maximum atomic E-state index is 13.3. The first-order valence-electron chi connectivity index (χ1n) is 8.78. The Kier molecular flexibility index (Phi) is 3.67. The van der Waals surface area contributed by atoms with Crippen LogP contribution in [0.15, 0.2) is 0 Å². The number of carbonyl (C=O) groups is 1. The van der Waals surface area contributed by atoms with Crippen molar-refractivity contribution in [2.24, 2.45) is 11.3 Å². The summed E-state index contributed by atoms with van der Waals surface area (Å²) < 4.78 is 5.43. The van der Waals surface area contributed by atoms with Gasteiger partial charge in [0.25, 0.3) is 0 Å². The first-order chi connectivity index (χ1) is 11.1. The molecule has 0 bridgehead atoms. The first-order valence-corrected chi connectivity index (χ1v) is 8.78. The minimum absolute atomic E-state index is 0.00826. The van der Waals surface area contributed by atoms with Crippen LogP contribution in [0.25, 0.3) is 0 Å². The highest BCUT2D eigenvalue weighted by molar-refractivity contribution is 6.08. The molecule has 0 spiro atoms. The summed E-state index contributed by atoms with van der Waals surface area (Å²) in [6.07, 6.45) is 2.81. The fourth-order valence-electron chi connectivity index (χ4n) is 5.38. The number of hydrogen-bond donors (Lipinski definition) is 2. The van der Waals surface area contributed by atoms with Gasteiger partial charge in [0.1, 0.15) is 5.75 Å². The number of hydrogen-bond acceptors (Lipinski definition) is 4. The van der Waals surface area contributed by atoms with Crippen LogP contribution in [0.2, 0.25) is 0 Å². The van der Waals surface area contributed by atoms with Gasteiger partial charge in [0.15, 0.2) is 17.3 Å². The number of Topliss-reactive ketones (excluding diaryl/α,β-unsaturated/α-hetero) is 1. The van der Waals surface area contributed by atoms with E-state index in [1.54, 1.807) is 0 Å². The van der Waals surface area contributed by atoms with Crippen LogP contribution in [-0.2, 0) is 5.41 Å². The third kappa shape index (κ3) is 1.95. The van der Waals surface area contributed by atoms with Crippen LogP contribution in [0.5, 0.6) is 17.2 Å². The van der Waals surface area contributed by atoms with Gasteiger partial charge in [0.2, 0.25) is 0 Å². The molecular formula is C20H28O4. The van der Waals surface area contributed by atoms with Crippen molar-refractivity contribution < 1.29 is 19.7 Å². The van der Waals surface area contributed by atoms with E-state index >= 15 is 0 Å². The maximum absolute atomic E-state index is 13.3. The molecule has 1 fully saturated rings. The molecule has 2 aliphatic rings. The highest BCUT2D eigenvalue weighted by atomic mass is 16.5. The average Bonchev–Trinajstić information content (AvgIpc) is 2.71. The Bertz CT molecular complexity index is 717. The smallest absolute Gasteiger partial charge is 0.171 e. The lowest BCUT2D eigenvalue weighted by molar-refractivity contribution is 0.0496. The number of rotatable bonds is 2. The molecule has 0 radical (unpaired) electrons. The van der Waals surface area contributed by atoms with E-state index in [-0.39, 0.29) is 34.5 Å². The molecule has 1 aromatic carbocycles. The molecule has 1 aromatic rings. The normalized spacial score (nSPS) is 28.0. The van der Waals surface area contributed by atoms with Crippen LogP contribution >= 0.6 is 0 Å². The van der Waals surface area contributed by atoms with Crippen LogP contribution in [0.4, 0.5) is 0 Å². The Balaban J connectivity index is 2.39. The number of phenols is 2. The molecule has 24 heavy (non-hydrogen) atoms. The number of methoxy groups -OCH3 is 1. The molecule has 132 valence electrons. The number of carbonyl (C=O) groups excluding carboxylic acids is 1. The zero-order chi connectivity index (χ0) is 18.0. The lowest BCUT2D eigenvalue weighted by Gasteiger charge is -2.46. The van der Waals surface area contributed by atoms with Crippen LogP contribution < -0.4 is 4.74 Å². The number of phenolic OH excluding ortho intramolecular Hbond substituents is 2. The largest absolute Gasteiger partial charge is 0.507 e. The Morgan fingerprint density at radius 1 is 1.12 bits per heavy atom. The van der Waals surface area contributed by atoms with Gasteiger partial charge in [0.05, 0.1) is 12.7 Å². The van der Waals surface area contributed by atoms with Gasteiger partial charge in [-0.25, -0.2) is 0 Å². The molecule has 3 rings (SSSR count). The second-order valence-corrected chi connectivity index (χ2v) is 8.61. The van der Waals surface area contributed by atoms with E-state index in [9.17, 15) is 15.0 Å². The van der Waals surface area contributed by atoms with E-state index in [1.807, 2.05) is 13.8 Å².